The van der Waals surface area contributed by atoms with Crippen molar-refractivity contribution in [2.75, 3.05) is 17.2 Å². The summed E-state index contributed by atoms with van der Waals surface area (Å²) in [6.07, 6.45) is 2.55. The van der Waals surface area contributed by atoms with Crippen LogP contribution in [0.5, 0.6) is 0 Å². The summed E-state index contributed by atoms with van der Waals surface area (Å²) in [7, 11) is 0. The van der Waals surface area contributed by atoms with Crippen molar-refractivity contribution < 1.29 is 0 Å². The van der Waals surface area contributed by atoms with E-state index in [0.717, 1.165) is 29.7 Å². The summed E-state index contributed by atoms with van der Waals surface area (Å²) in [5.74, 6) is 1.86. The summed E-state index contributed by atoms with van der Waals surface area (Å²) < 4.78 is 2.08. The van der Waals surface area contributed by atoms with Crippen molar-refractivity contribution >= 4 is 11.5 Å². The molecule has 0 aliphatic carbocycles. The highest BCUT2D eigenvalue weighted by Gasteiger charge is 2.28. The molecule has 4 nitrogen and oxygen atoms in total. The van der Waals surface area contributed by atoms with E-state index in [9.17, 15) is 0 Å². The number of nitrogen functional groups attached to an aromatic ring is 1. The van der Waals surface area contributed by atoms with Gasteiger partial charge in [-0.2, -0.15) is 5.10 Å². The van der Waals surface area contributed by atoms with Gasteiger partial charge < -0.3 is 10.6 Å². The van der Waals surface area contributed by atoms with E-state index in [1.54, 1.807) is 0 Å². The van der Waals surface area contributed by atoms with Gasteiger partial charge >= 0.3 is 0 Å². The first kappa shape index (κ1) is 13.2. The van der Waals surface area contributed by atoms with Crippen LogP contribution < -0.4 is 10.6 Å². The van der Waals surface area contributed by atoms with E-state index in [2.05, 4.69) is 42.4 Å². The van der Waals surface area contributed by atoms with Crippen molar-refractivity contribution in [1.82, 2.24) is 9.78 Å². The van der Waals surface area contributed by atoms with Gasteiger partial charge in [-0.05, 0) is 46.5 Å². The van der Waals surface area contributed by atoms with Gasteiger partial charge in [0.2, 0.25) is 0 Å². The SMILES string of the molecule is Cc1nn(C(C)C)c(N2CC(C)CCC2C)c1N. The Balaban J connectivity index is 2.42. The number of aromatic nitrogens is 2. The van der Waals surface area contributed by atoms with E-state index >= 15 is 0 Å². The van der Waals surface area contributed by atoms with Gasteiger partial charge in [-0.25, -0.2) is 4.68 Å². The molecule has 0 radical (unpaired) electrons. The molecular formula is C14H26N4. The molecule has 0 spiro atoms. The van der Waals surface area contributed by atoms with E-state index in [1.807, 2.05) is 6.92 Å². The van der Waals surface area contributed by atoms with Gasteiger partial charge in [0, 0.05) is 18.6 Å². The molecule has 1 aliphatic heterocycles. The molecule has 1 aliphatic rings. The Bertz CT molecular complexity index is 422. The fourth-order valence-corrected chi connectivity index (χ4v) is 2.78. The lowest BCUT2D eigenvalue weighted by atomic mass is 9.95. The fourth-order valence-electron chi connectivity index (χ4n) is 2.78. The molecule has 1 saturated heterocycles. The van der Waals surface area contributed by atoms with Crippen molar-refractivity contribution in [3.63, 3.8) is 0 Å². The first-order valence-corrected chi connectivity index (χ1v) is 7.03. The molecule has 2 N–H and O–H groups in total. The minimum absolute atomic E-state index is 0.348. The van der Waals surface area contributed by atoms with Crippen LogP contribution in [0.25, 0.3) is 0 Å². The first-order chi connectivity index (χ1) is 8.41. The molecule has 1 aromatic rings. The Morgan fingerprint density at radius 2 is 1.94 bits per heavy atom. The molecule has 102 valence electrons. The van der Waals surface area contributed by atoms with Crippen LogP contribution in [0.3, 0.4) is 0 Å². The normalized spacial score (nSPS) is 24.9. The largest absolute Gasteiger partial charge is 0.394 e. The van der Waals surface area contributed by atoms with Crippen molar-refractivity contribution in [3.05, 3.63) is 5.69 Å². The molecule has 4 heteroatoms. The molecule has 2 heterocycles. The van der Waals surface area contributed by atoms with Crippen LogP contribution in [0, 0.1) is 12.8 Å². The van der Waals surface area contributed by atoms with Crippen LogP contribution in [0.2, 0.25) is 0 Å². The Kier molecular flexibility index (Phi) is 3.55. The zero-order valence-electron chi connectivity index (χ0n) is 12.3. The quantitative estimate of drug-likeness (QED) is 0.877. The number of anilines is 2. The molecule has 2 unspecified atom stereocenters. The molecule has 0 amide bonds. The molecule has 0 saturated carbocycles. The van der Waals surface area contributed by atoms with Crippen molar-refractivity contribution in [1.29, 1.82) is 0 Å². The standard InChI is InChI=1S/C14H26N4/c1-9(2)18-14(13(15)12(5)16-18)17-8-10(3)6-7-11(17)4/h9-11H,6-8,15H2,1-5H3. The Labute approximate surface area is 110 Å². The van der Waals surface area contributed by atoms with Crippen LogP contribution in [0.15, 0.2) is 0 Å². The number of hydrogen-bond acceptors (Lipinski definition) is 3. The smallest absolute Gasteiger partial charge is 0.151 e. The minimum Gasteiger partial charge on any atom is -0.394 e. The van der Waals surface area contributed by atoms with Crippen molar-refractivity contribution in [3.8, 4) is 0 Å². The molecule has 0 aromatic carbocycles. The zero-order chi connectivity index (χ0) is 13.4. The lowest BCUT2D eigenvalue weighted by Crippen LogP contribution is -2.42. The molecule has 2 atom stereocenters. The van der Waals surface area contributed by atoms with E-state index in [1.165, 1.54) is 12.8 Å². The van der Waals surface area contributed by atoms with Gasteiger partial charge in [0.15, 0.2) is 5.82 Å². The fraction of sp³-hybridized carbons (Fsp3) is 0.786. The molecule has 1 fully saturated rings. The van der Waals surface area contributed by atoms with Crippen LogP contribution in [-0.2, 0) is 0 Å². The Hall–Kier alpha value is -1.19. The maximum Gasteiger partial charge on any atom is 0.151 e. The zero-order valence-corrected chi connectivity index (χ0v) is 12.3. The average Bonchev–Trinajstić information content (AvgIpc) is 2.60. The Morgan fingerprint density at radius 3 is 2.56 bits per heavy atom. The second kappa shape index (κ2) is 4.82. The van der Waals surface area contributed by atoms with Crippen molar-refractivity contribution in [2.45, 2.75) is 59.5 Å². The highest BCUT2D eigenvalue weighted by Crippen LogP contribution is 2.34. The second-order valence-electron chi connectivity index (χ2n) is 6.04. The van der Waals surface area contributed by atoms with Crippen LogP contribution >= 0.6 is 0 Å². The number of rotatable bonds is 2. The third-order valence-electron chi connectivity index (χ3n) is 3.98. The molecular weight excluding hydrogens is 224 g/mol. The third-order valence-corrected chi connectivity index (χ3v) is 3.98. The summed E-state index contributed by atoms with van der Waals surface area (Å²) in [6, 6.07) is 0.900. The predicted molar refractivity (Wildman–Crippen MR) is 77.0 cm³/mol. The summed E-state index contributed by atoms with van der Waals surface area (Å²) in [5, 5.41) is 4.59. The summed E-state index contributed by atoms with van der Waals surface area (Å²) in [6.45, 7) is 12.0. The maximum atomic E-state index is 6.25. The maximum absolute atomic E-state index is 6.25. The average molecular weight is 250 g/mol. The van der Waals surface area contributed by atoms with Gasteiger partial charge in [0.1, 0.15) is 0 Å². The van der Waals surface area contributed by atoms with E-state index in [-0.39, 0.29) is 0 Å². The third kappa shape index (κ3) is 2.20. The number of hydrogen-bond donors (Lipinski definition) is 1. The summed E-state index contributed by atoms with van der Waals surface area (Å²) in [5.41, 5.74) is 8.05. The van der Waals surface area contributed by atoms with Crippen LogP contribution in [0.4, 0.5) is 11.5 Å². The lowest BCUT2D eigenvalue weighted by molar-refractivity contribution is 0.379. The van der Waals surface area contributed by atoms with Gasteiger partial charge in [-0.1, -0.05) is 6.92 Å². The molecule has 2 rings (SSSR count). The molecule has 0 bridgehead atoms. The van der Waals surface area contributed by atoms with Crippen LogP contribution in [-0.4, -0.2) is 22.4 Å². The first-order valence-electron chi connectivity index (χ1n) is 7.03. The highest BCUT2D eigenvalue weighted by atomic mass is 15.4. The highest BCUT2D eigenvalue weighted by molar-refractivity contribution is 5.67. The van der Waals surface area contributed by atoms with E-state index in [0.29, 0.717) is 12.1 Å². The van der Waals surface area contributed by atoms with Gasteiger partial charge in [0.05, 0.1) is 11.4 Å². The molecule has 18 heavy (non-hydrogen) atoms. The number of aryl methyl sites for hydroxylation is 1. The number of nitrogens with zero attached hydrogens (tertiary/aromatic N) is 3. The van der Waals surface area contributed by atoms with Gasteiger partial charge in [0.25, 0.3) is 0 Å². The van der Waals surface area contributed by atoms with Crippen molar-refractivity contribution in [2.24, 2.45) is 5.92 Å². The van der Waals surface area contributed by atoms with E-state index in [4.69, 9.17) is 5.73 Å². The number of nitrogens with two attached hydrogens (primary N) is 1. The summed E-state index contributed by atoms with van der Waals surface area (Å²) in [4.78, 5) is 2.45. The monoisotopic (exact) mass is 250 g/mol. The van der Waals surface area contributed by atoms with Crippen LogP contribution in [0.1, 0.15) is 52.3 Å². The lowest BCUT2D eigenvalue weighted by Gasteiger charge is -2.39. The predicted octanol–water partition coefficient (Wildman–Crippen LogP) is 2.98. The van der Waals surface area contributed by atoms with Gasteiger partial charge in [-0.15, -0.1) is 0 Å². The minimum atomic E-state index is 0.348. The summed E-state index contributed by atoms with van der Waals surface area (Å²) >= 11 is 0. The van der Waals surface area contributed by atoms with E-state index < -0.39 is 0 Å². The molecule has 1 aromatic heterocycles. The topological polar surface area (TPSA) is 47.1 Å². The van der Waals surface area contributed by atoms with Gasteiger partial charge in [-0.3, -0.25) is 0 Å². The Morgan fingerprint density at radius 1 is 1.28 bits per heavy atom. The second-order valence-corrected chi connectivity index (χ2v) is 6.04. The number of piperidine rings is 1.